The van der Waals surface area contributed by atoms with Crippen LogP contribution in [-0.2, 0) is 9.59 Å². The minimum absolute atomic E-state index is 0.0754. The maximum Gasteiger partial charge on any atom is 0.308 e. The van der Waals surface area contributed by atoms with E-state index in [1.54, 1.807) is 7.11 Å². The molecule has 9 nitrogen and oxygen atoms in total. The van der Waals surface area contributed by atoms with Crippen molar-refractivity contribution in [1.29, 1.82) is 0 Å². The molecular weight excluding hydrogens is 534 g/mol. The largest absolute Gasteiger partial charge is 0.493 e. The number of carbonyl (C=O) groups is 2. The number of rotatable bonds is 16. The highest BCUT2D eigenvalue weighted by Gasteiger charge is 2.49. The number of unbranched alkanes of at least 4 members (excludes halogenated alkanes) is 2. The number of nitrogens with zero attached hydrogens (tertiary/aromatic N) is 3. The van der Waals surface area contributed by atoms with E-state index in [1.165, 1.54) is 5.57 Å². The van der Waals surface area contributed by atoms with Crippen LogP contribution in [-0.4, -0.2) is 98.4 Å². The zero-order valence-electron chi connectivity index (χ0n) is 27.1. The highest BCUT2D eigenvalue weighted by Crippen LogP contribution is 2.48. The van der Waals surface area contributed by atoms with Gasteiger partial charge in [-0.25, -0.2) is 0 Å². The summed E-state index contributed by atoms with van der Waals surface area (Å²) < 4.78 is 16.9. The lowest BCUT2D eigenvalue weighted by Gasteiger charge is -2.34. The Hall–Kier alpha value is -2.78. The van der Waals surface area contributed by atoms with Crippen LogP contribution in [0.25, 0.3) is 0 Å². The monoisotopic (exact) mass is 587 g/mol. The van der Waals surface area contributed by atoms with Crippen LogP contribution in [0.2, 0.25) is 0 Å². The molecule has 2 aliphatic rings. The smallest absolute Gasteiger partial charge is 0.308 e. The molecule has 9 heteroatoms. The van der Waals surface area contributed by atoms with Crippen molar-refractivity contribution in [2.45, 2.75) is 78.7 Å². The average molecular weight is 588 g/mol. The lowest BCUT2D eigenvalue weighted by atomic mass is 9.77. The van der Waals surface area contributed by atoms with E-state index in [1.807, 2.05) is 17.0 Å². The first-order valence-corrected chi connectivity index (χ1v) is 15.4. The molecule has 42 heavy (non-hydrogen) atoms. The number of aliphatic carboxylic acids is 1. The van der Waals surface area contributed by atoms with E-state index in [-0.39, 0.29) is 36.6 Å². The number of benzene rings is 1. The molecule has 1 fully saturated rings. The number of hydrogen-bond donors (Lipinski definition) is 1. The SMILES string of the molecule is CCCCN(CCCCN(C)C)C(=O)CN1C[C@H](c2cc(OC)c3c(c2)OCO3)[C@@H](C(=O)O)[C@@H]1CC(C)(C)C=C(C)C. The predicted octanol–water partition coefficient (Wildman–Crippen LogP) is 5.25. The van der Waals surface area contributed by atoms with Crippen molar-refractivity contribution >= 4 is 11.9 Å². The zero-order chi connectivity index (χ0) is 31.0. The lowest BCUT2D eigenvalue weighted by molar-refractivity contribution is -0.144. The summed E-state index contributed by atoms with van der Waals surface area (Å²) in [5, 5.41) is 10.7. The maximum absolute atomic E-state index is 13.9. The third-order valence-electron chi connectivity index (χ3n) is 8.31. The van der Waals surface area contributed by atoms with E-state index in [0.29, 0.717) is 30.2 Å². The van der Waals surface area contributed by atoms with Crippen LogP contribution in [0, 0.1) is 11.3 Å². The van der Waals surface area contributed by atoms with Crippen LogP contribution in [0.3, 0.4) is 0 Å². The number of carboxylic acids is 1. The highest BCUT2D eigenvalue weighted by atomic mass is 16.7. The molecule has 1 aromatic rings. The van der Waals surface area contributed by atoms with Gasteiger partial charge in [-0.15, -0.1) is 0 Å². The van der Waals surface area contributed by atoms with E-state index < -0.39 is 11.9 Å². The highest BCUT2D eigenvalue weighted by molar-refractivity contribution is 5.79. The van der Waals surface area contributed by atoms with Crippen LogP contribution < -0.4 is 14.2 Å². The molecule has 1 aromatic carbocycles. The Labute approximate surface area is 252 Å². The number of hydrogen-bond acceptors (Lipinski definition) is 7. The van der Waals surface area contributed by atoms with Crippen molar-refractivity contribution in [1.82, 2.24) is 14.7 Å². The summed E-state index contributed by atoms with van der Waals surface area (Å²) in [6, 6.07) is 3.43. The summed E-state index contributed by atoms with van der Waals surface area (Å²) in [5.41, 5.74) is 1.77. The van der Waals surface area contributed by atoms with Gasteiger partial charge in [0.2, 0.25) is 18.4 Å². The molecule has 236 valence electrons. The number of fused-ring (bicyclic) bond motifs is 1. The van der Waals surface area contributed by atoms with Crippen LogP contribution in [0.5, 0.6) is 17.2 Å². The predicted molar refractivity (Wildman–Crippen MR) is 165 cm³/mol. The van der Waals surface area contributed by atoms with Gasteiger partial charge in [-0.05, 0) is 83.3 Å². The Bertz CT molecular complexity index is 1100. The Morgan fingerprint density at radius 3 is 2.43 bits per heavy atom. The fraction of sp³-hybridized carbons (Fsp3) is 0.697. The molecular formula is C33H53N3O6. The summed E-state index contributed by atoms with van der Waals surface area (Å²) in [5.74, 6) is -0.175. The molecule has 3 rings (SSSR count). The number of methoxy groups -OCH3 is 1. The number of carboxylic acid groups (broad SMARTS) is 1. The van der Waals surface area contributed by atoms with E-state index in [2.05, 4.69) is 64.6 Å². The minimum atomic E-state index is -0.851. The second-order valence-corrected chi connectivity index (χ2v) is 13.1. The van der Waals surface area contributed by atoms with Crippen molar-refractivity contribution < 1.29 is 28.9 Å². The van der Waals surface area contributed by atoms with Gasteiger partial charge in [-0.3, -0.25) is 14.5 Å². The van der Waals surface area contributed by atoms with Gasteiger partial charge in [0.15, 0.2) is 11.5 Å². The first-order chi connectivity index (χ1) is 19.9. The molecule has 2 heterocycles. The fourth-order valence-corrected chi connectivity index (χ4v) is 6.54. The van der Waals surface area contributed by atoms with Gasteiger partial charge in [0.25, 0.3) is 0 Å². The third-order valence-corrected chi connectivity index (χ3v) is 8.31. The van der Waals surface area contributed by atoms with Gasteiger partial charge < -0.3 is 29.1 Å². The van der Waals surface area contributed by atoms with E-state index in [4.69, 9.17) is 14.2 Å². The molecule has 1 saturated heterocycles. The first-order valence-electron chi connectivity index (χ1n) is 15.4. The van der Waals surface area contributed by atoms with Crippen LogP contribution >= 0.6 is 0 Å². The zero-order valence-corrected chi connectivity index (χ0v) is 27.1. The van der Waals surface area contributed by atoms with Gasteiger partial charge in [0.05, 0.1) is 19.6 Å². The topological polar surface area (TPSA) is 91.8 Å². The number of likely N-dealkylation sites (tertiary alicyclic amines) is 1. The Morgan fingerprint density at radius 2 is 1.81 bits per heavy atom. The molecule has 2 aliphatic heterocycles. The Kier molecular flexibility index (Phi) is 12.1. The number of ether oxygens (including phenoxy) is 3. The molecule has 1 amide bonds. The van der Waals surface area contributed by atoms with Gasteiger partial charge >= 0.3 is 5.97 Å². The summed E-state index contributed by atoms with van der Waals surface area (Å²) in [6.07, 6.45) is 6.77. The van der Waals surface area contributed by atoms with Crippen molar-refractivity contribution in [3.63, 3.8) is 0 Å². The van der Waals surface area contributed by atoms with E-state index >= 15 is 0 Å². The van der Waals surface area contributed by atoms with E-state index in [0.717, 1.165) is 50.9 Å². The summed E-state index contributed by atoms with van der Waals surface area (Å²) in [6.45, 7) is 13.8. The van der Waals surface area contributed by atoms with Crippen LogP contribution in [0.4, 0.5) is 0 Å². The van der Waals surface area contributed by atoms with Crippen molar-refractivity contribution in [2.24, 2.45) is 11.3 Å². The first kappa shape index (κ1) is 33.7. The molecule has 0 aromatic heterocycles. The summed E-state index contributed by atoms with van der Waals surface area (Å²) >= 11 is 0. The van der Waals surface area contributed by atoms with Gasteiger partial charge in [0, 0.05) is 31.6 Å². The maximum atomic E-state index is 13.9. The quantitative estimate of drug-likeness (QED) is 0.207. The van der Waals surface area contributed by atoms with E-state index in [9.17, 15) is 14.7 Å². The fourth-order valence-electron chi connectivity index (χ4n) is 6.54. The summed E-state index contributed by atoms with van der Waals surface area (Å²) in [4.78, 5) is 33.1. The molecule has 0 aliphatic carbocycles. The Morgan fingerprint density at radius 1 is 1.12 bits per heavy atom. The molecule has 0 radical (unpaired) electrons. The van der Waals surface area contributed by atoms with Crippen molar-refractivity contribution in [3.05, 3.63) is 29.3 Å². The normalized spacial score (nSPS) is 20.2. The molecule has 0 bridgehead atoms. The van der Waals surface area contributed by atoms with Crippen molar-refractivity contribution in [3.8, 4) is 17.2 Å². The number of allylic oxidation sites excluding steroid dienone is 2. The van der Waals surface area contributed by atoms with Gasteiger partial charge in [0.1, 0.15) is 0 Å². The number of amides is 1. The average Bonchev–Trinajstić information content (AvgIpc) is 3.51. The summed E-state index contributed by atoms with van der Waals surface area (Å²) in [7, 11) is 5.70. The molecule has 1 N–H and O–H groups in total. The minimum Gasteiger partial charge on any atom is -0.493 e. The standard InChI is InChI=1S/C33H53N3O6/c1-9-10-14-35(15-12-11-13-34(6)7)29(37)21-36-20-25(24-16-27(40-8)31-28(17-24)41-22-42-31)30(32(38)39)26(36)19-33(4,5)18-23(2)3/h16-18,25-26,30H,9-15,19-22H2,1-8H3,(H,38,39)/t25-,26+,30-/m1/s1. The second-order valence-electron chi connectivity index (χ2n) is 13.1. The number of carbonyl (C=O) groups excluding carboxylic acids is 1. The van der Waals surface area contributed by atoms with Crippen LogP contribution in [0.1, 0.15) is 78.2 Å². The molecule has 0 saturated carbocycles. The second kappa shape index (κ2) is 15.1. The van der Waals surface area contributed by atoms with Gasteiger partial charge in [-0.2, -0.15) is 0 Å². The molecule has 0 unspecified atom stereocenters. The molecule has 0 spiro atoms. The van der Waals surface area contributed by atoms with Crippen LogP contribution in [0.15, 0.2) is 23.8 Å². The molecule has 3 atom stereocenters. The van der Waals surface area contributed by atoms with Crippen molar-refractivity contribution in [2.75, 3.05) is 60.7 Å². The van der Waals surface area contributed by atoms with Gasteiger partial charge in [-0.1, -0.05) is 38.8 Å². The third kappa shape index (κ3) is 8.86. The Balaban J connectivity index is 1.94. The lowest BCUT2D eigenvalue weighted by Crippen LogP contribution is -2.46.